The van der Waals surface area contributed by atoms with Gasteiger partial charge in [-0.05, 0) is 42.3 Å². The minimum absolute atomic E-state index is 0.237. The molecule has 0 radical (unpaired) electrons. The van der Waals surface area contributed by atoms with E-state index in [2.05, 4.69) is 23.4 Å². The summed E-state index contributed by atoms with van der Waals surface area (Å²) in [5.74, 6) is -0.237. The highest BCUT2D eigenvalue weighted by molar-refractivity contribution is 7.09. The molecule has 0 saturated heterocycles. The van der Waals surface area contributed by atoms with Crippen molar-refractivity contribution in [3.05, 3.63) is 86.0 Å². The Morgan fingerprint density at radius 1 is 1.00 bits per heavy atom. The first-order valence-electron chi connectivity index (χ1n) is 9.78. The van der Waals surface area contributed by atoms with Crippen LogP contribution in [0, 0.1) is 0 Å². The van der Waals surface area contributed by atoms with Gasteiger partial charge in [0.05, 0.1) is 15.7 Å². The zero-order chi connectivity index (χ0) is 21.3. The number of thiazole rings is 1. The summed E-state index contributed by atoms with van der Waals surface area (Å²) in [4.78, 5) is 19.5. The Morgan fingerprint density at radius 2 is 1.77 bits per heavy atom. The first kappa shape index (κ1) is 20.9. The molecule has 0 N–H and O–H groups in total. The predicted molar refractivity (Wildman–Crippen MR) is 127 cm³/mol. The summed E-state index contributed by atoms with van der Waals surface area (Å²) in [7, 11) is 0. The van der Waals surface area contributed by atoms with E-state index in [1.54, 1.807) is 17.4 Å². The van der Waals surface area contributed by atoms with E-state index in [1.807, 2.05) is 54.6 Å². The average molecular weight is 455 g/mol. The Bertz CT molecular complexity index is 1320. The molecule has 3 aromatic carbocycles. The van der Waals surface area contributed by atoms with E-state index in [4.69, 9.17) is 23.2 Å². The number of hydrogen-bond donors (Lipinski definition) is 0. The molecule has 3 nitrogen and oxygen atoms in total. The summed E-state index contributed by atoms with van der Waals surface area (Å²) in [5.41, 5.74) is 2.62. The quantitative estimate of drug-likeness (QED) is 0.326. The molecule has 4 aromatic rings. The Morgan fingerprint density at radius 3 is 2.50 bits per heavy atom. The molecule has 1 amide bonds. The van der Waals surface area contributed by atoms with E-state index in [9.17, 15) is 4.79 Å². The van der Waals surface area contributed by atoms with Crippen molar-refractivity contribution in [3.8, 4) is 11.3 Å². The Kier molecular flexibility index (Phi) is 6.09. The molecule has 6 heteroatoms. The first-order chi connectivity index (χ1) is 14.5. The van der Waals surface area contributed by atoms with E-state index in [0.717, 1.165) is 33.3 Å². The molecule has 0 aliphatic heterocycles. The van der Waals surface area contributed by atoms with E-state index in [1.165, 1.54) is 0 Å². The smallest absolute Gasteiger partial charge is 0.280 e. The molecule has 0 saturated carbocycles. The van der Waals surface area contributed by atoms with Crippen molar-refractivity contribution in [2.75, 3.05) is 0 Å². The van der Waals surface area contributed by atoms with Gasteiger partial charge in [-0.25, -0.2) is 0 Å². The molecular weight excluding hydrogens is 435 g/mol. The number of fused-ring (bicyclic) bond motifs is 1. The first-order valence-corrected chi connectivity index (χ1v) is 11.4. The van der Waals surface area contributed by atoms with E-state index in [0.29, 0.717) is 27.0 Å². The number of amides is 1. The van der Waals surface area contributed by atoms with Gasteiger partial charge in [0.25, 0.3) is 5.91 Å². The van der Waals surface area contributed by atoms with Gasteiger partial charge >= 0.3 is 0 Å². The molecule has 0 aliphatic rings. The second-order valence-electron chi connectivity index (χ2n) is 6.83. The highest BCUT2D eigenvalue weighted by atomic mass is 35.5. The molecule has 152 valence electrons. The zero-order valence-electron chi connectivity index (χ0n) is 16.7. The number of carbonyl (C=O) groups is 1. The normalized spacial score (nSPS) is 11.9. The standard InChI is InChI=1S/C24H20Cl2N2OS/c1-3-21-22(16-12-13-19(25)20(26)14-16)28(4-2)24(30-21)27-23(29)18-11-7-9-15-8-5-6-10-17(15)18/h5-14H,3-4H2,1-2H3. The summed E-state index contributed by atoms with van der Waals surface area (Å²) < 4.78 is 2.08. The number of aromatic nitrogens is 1. The third-order valence-corrected chi connectivity index (χ3v) is 6.99. The van der Waals surface area contributed by atoms with Crippen molar-refractivity contribution in [2.45, 2.75) is 26.8 Å². The SMILES string of the molecule is CCc1sc(=NC(=O)c2cccc3ccccc23)n(CC)c1-c1ccc(Cl)c(Cl)c1. The summed E-state index contributed by atoms with van der Waals surface area (Å²) in [6.07, 6.45) is 0.832. The second kappa shape index (κ2) is 8.76. The Labute approximate surface area is 189 Å². The van der Waals surface area contributed by atoms with Crippen molar-refractivity contribution in [2.24, 2.45) is 4.99 Å². The number of carbonyl (C=O) groups excluding carboxylic acids is 1. The average Bonchev–Trinajstić information content (AvgIpc) is 3.12. The monoisotopic (exact) mass is 454 g/mol. The molecule has 0 spiro atoms. The maximum absolute atomic E-state index is 13.1. The molecule has 0 unspecified atom stereocenters. The summed E-state index contributed by atoms with van der Waals surface area (Å²) in [5, 5.41) is 2.97. The number of hydrogen-bond acceptors (Lipinski definition) is 2. The summed E-state index contributed by atoms with van der Waals surface area (Å²) in [6, 6.07) is 19.2. The fraction of sp³-hybridized carbons (Fsp3) is 0.167. The van der Waals surface area contributed by atoms with Gasteiger partial charge in [-0.1, -0.05) is 72.6 Å². The second-order valence-corrected chi connectivity index (χ2v) is 8.70. The van der Waals surface area contributed by atoms with Crippen LogP contribution in [0.5, 0.6) is 0 Å². The van der Waals surface area contributed by atoms with E-state index in [-0.39, 0.29) is 5.91 Å². The minimum atomic E-state index is -0.237. The molecule has 1 aromatic heterocycles. The molecular formula is C24H20Cl2N2OS. The van der Waals surface area contributed by atoms with E-state index < -0.39 is 0 Å². The fourth-order valence-electron chi connectivity index (χ4n) is 3.60. The molecule has 0 bridgehead atoms. The zero-order valence-corrected chi connectivity index (χ0v) is 19.0. The van der Waals surface area contributed by atoms with Crippen molar-refractivity contribution < 1.29 is 4.79 Å². The lowest BCUT2D eigenvalue weighted by Crippen LogP contribution is -2.17. The van der Waals surface area contributed by atoms with Crippen molar-refractivity contribution >= 4 is 51.2 Å². The van der Waals surface area contributed by atoms with Crippen molar-refractivity contribution in [1.82, 2.24) is 4.57 Å². The van der Waals surface area contributed by atoms with Gasteiger partial charge < -0.3 is 4.57 Å². The molecule has 0 aliphatic carbocycles. The maximum atomic E-state index is 13.1. The van der Waals surface area contributed by atoms with Gasteiger partial charge in [-0.2, -0.15) is 4.99 Å². The molecule has 1 heterocycles. The van der Waals surface area contributed by atoms with Crippen LogP contribution in [0.25, 0.3) is 22.0 Å². The lowest BCUT2D eigenvalue weighted by Gasteiger charge is -2.09. The van der Waals surface area contributed by atoms with Crippen LogP contribution in [0.2, 0.25) is 10.0 Å². The Balaban J connectivity index is 1.88. The van der Waals surface area contributed by atoms with Crippen LogP contribution in [-0.4, -0.2) is 10.5 Å². The van der Waals surface area contributed by atoms with Crippen LogP contribution in [-0.2, 0) is 13.0 Å². The third-order valence-electron chi connectivity index (χ3n) is 5.03. The maximum Gasteiger partial charge on any atom is 0.280 e. The highest BCUT2D eigenvalue weighted by Crippen LogP contribution is 2.32. The van der Waals surface area contributed by atoms with Crippen LogP contribution >= 0.6 is 34.5 Å². The van der Waals surface area contributed by atoms with Crippen LogP contribution in [0.3, 0.4) is 0 Å². The van der Waals surface area contributed by atoms with Gasteiger partial charge in [-0.15, -0.1) is 11.3 Å². The minimum Gasteiger partial charge on any atom is -0.316 e. The van der Waals surface area contributed by atoms with Crippen LogP contribution in [0.4, 0.5) is 0 Å². The molecule has 30 heavy (non-hydrogen) atoms. The Hall–Kier alpha value is -2.40. The van der Waals surface area contributed by atoms with Gasteiger partial charge in [0.1, 0.15) is 0 Å². The third kappa shape index (κ3) is 3.83. The molecule has 4 rings (SSSR count). The number of halogens is 2. The van der Waals surface area contributed by atoms with Gasteiger partial charge in [0, 0.05) is 22.5 Å². The lowest BCUT2D eigenvalue weighted by molar-refractivity contribution is 0.0999. The van der Waals surface area contributed by atoms with Crippen molar-refractivity contribution in [1.29, 1.82) is 0 Å². The van der Waals surface area contributed by atoms with Gasteiger partial charge in [0.2, 0.25) is 0 Å². The van der Waals surface area contributed by atoms with Gasteiger partial charge in [-0.3, -0.25) is 4.79 Å². The number of aryl methyl sites for hydroxylation is 1. The number of benzene rings is 3. The molecule has 0 atom stereocenters. The van der Waals surface area contributed by atoms with Crippen LogP contribution in [0.1, 0.15) is 29.1 Å². The summed E-state index contributed by atoms with van der Waals surface area (Å²) in [6.45, 7) is 4.84. The number of nitrogens with zero attached hydrogens (tertiary/aromatic N) is 2. The van der Waals surface area contributed by atoms with Crippen LogP contribution in [0.15, 0.2) is 65.7 Å². The fourth-order valence-corrected chi connectivity index (χ4v) is 5.04. The predicted octanol–water partition coefficient (Wildman–Crippen LogP) is 7.00. The lowest BCUT2D eigenvalue weighted by atomic mass is 10.0. The largest absolute Gasteiger partial charge is 0.316 e. The highest BCUT2D eigenvalue weighted by Gasteiger charge is 2.16. The van der Waals surface area contributed by atoms with E-state index >= 15 is 0 Å². The summed E-state index contributed by atoms with van der Waals surface area (Å²) >= 11 is 13.9. The number of rotatable bonds is 4. The topological polar surface area (TPSA) is 34.4 Å². The van der Waals surface area contributed by atoms with Crippen LogP contribution < -0.4 is 4.80 Å². The molecule has 0 fully saturated rings. The van der Waals surface area contributed by atoms with Gasteiger partial charge in [0.15, 0.2) is 4.80 Å². The van der Waals surface area contributed by atoms with Crippen molar-refractivity contribution in [3.63, 3.8) is 0 Å².